The standard InChI is InChI=1S/C15H23NO/c1-2-3-12-4-6-13(7-5-12)15(17)14-8-10-16-11-9-14/h4-7,14-17H,2-3,8-11H2,1H3. The van der Waals surface area contributed by atoms with E-state index in [0.29, 0.717) is 5.92 Å². The van der Waals surface area contributed by atoms with E-state index < -0.39 is 0 Å². The SMILES string of the molecule is CCCc1ccc(C(O)C2CCNCC2)cc1. The summed E-state index contributed by atoms with van der Waals surface area (Å²) >= 11 is 0. The van der Waals surface area contributed by atoms with Gasteiger partial charge < -0.3 is 10.4 Å². The van der Waals surface area contributed by atoms with Gasteiger partial charge in [0.05, 0.1) is 6.10 Å². The number of hydrogen-bond acceptors (Lipinski definition) is 2. The summed E-state index contributed by atoms with van der Waals surface area (Å²) < 4.78 is 0. The Morgan fingerprint density at radius 3 is 2.47 bits per heavy atom. The Morgan fingerprint density at radius 2 is 1.88 bits per heavy atom. The van der Waals surface area contributed by atoms with Crippen molar-refractivity contribution in [2.24, 2.45) is 5.92 Å². The van der Waals surface area contributed by atoms with Crippen LogP contribution in [-0.4, -0.2) is 18.2 Å². The van der Waals surface area contributed by atoms with Crippen molar-refractivity contribution in [1.82, 2.24) is 5.32 Å². The van der Waals surface area contributed by atoms with Crippen LogP contribution in [0.2, 0.25) is 0 Å². The number of rotatable bonds is 4. The van der Waals surface area contributed by atoms with Gasteiger partial charge in [-0.05, 0) is 49.4 Å². The van der Waals surface area contributed by atoms with Gasteiger partial charge in [-0.3, -0.25) is 0 Å². The van der Waals surface area contributed by atoms with E-state index in [0.717, 1.165) is 37.9 Å². The Hall–Kier alpha value is -0.860. The first-order valence-corrected chi connectivity index (χ1v) is 6.79. The number of nitrogens with one attached hydrogen (secondary N) is 1. The highest BCUT2D eigenvalue weighted by atomic mass is 16.3. The minimum Gasteiger partial charge on any atom is -0.388 e. The molecule has 1 unspecified atom stereocenters. The van der Waals surface area contributed by atoms with E-state index in [9.17, 15) is 5.11 Å². The van der Waals surface area contributed by atoms with Gasteiger partial charge in [0.1, 0.15) is 0 Å². The van der Waals surface area contributed by atoms with E-state index in [1.165, 1.54) is 12.0 Å². The van der Waals surface area contributed by atoms with E-state index in [4.69, 9.17) is 0 Å². The number of hydrogen-bond donors (Lipinski definition) is 2. The molecule has 0 radical (unpaired) electrons. The van der Waals surface area contributed by atoms with Crippen LogP contribution in [0.5, 0.6) is 0 Å². The smallest absolute Gasteiger partial charge is 0.0819 e. The molecule has 0 spiro atoms. The monoisotopic (exact) mass is 233 g/mol. The Labute approximate surface area is 104 Å². The molecular weight excluding hydrogens is 210 g/mol. The van der Waals surface area contributed by atoms with Crippen molar-refractivity contribution >= 4 is 0 Å². The van der Waals surface area contributed by atoms with Crippen molar-refractivity contribution in [2.75, 3.05) is 13.1 Å². The lowest BCUT2D eigenvalue weighted by Gasteiger charge is -2.27. The highest BCUT2D eigenvalue weighted by molar-refractivity contribution is 5.24. The first-order chi connectivity index (χ1) is 8.31. The van der Waals surface area contributed by atoms with Gasteiger partial charge >= 0.3 is 0 Å². The van der Waals surface area contributed by atoms with Crippen LogP contribution in [0.3, 0.4) is 0 Å². The van der Waals surface area contributed by atoms with Crippen LogP contribution in [0.1, 0.15) is 43.4 Å². The Kier molecular flexibility index (Phi) is 4.57. The van der Waals surface area contributed by atoms with E-state index in [1.54, 1.807) is 0 Å². The summed E-state index contributed by atoms with van der Waals surface area (Å²) in [5.41, 5.74) is 2.45. The van der Waals surface area contributed by atoms with Gasteiger partial charge in [0.2, 0.25) is 0 Å². The summed E-state index contributed by atoms with van der Waals surface area (Å²) in [4.78, 5) is 0. The molecule has 2 rings (SSSR count). The summed E-state index contributed by atoms with van der Waals surface area (Å²) in [6.07, 6.45) is 4.18. The van der Waals surface area contributed by atoms with Crippen LogP contribution in [0, 0.1) is 5.92 Å². The fourth-order valence-corrected chi connectivity index (χ4v) is 2.60. The average molecular weight is 233 g/mol. The number of benzene rings is 1. The minimum atomic E-state index is -0.284. The molecule has 2 nitrogen and oxygen atoms in total. The van der Waals surface area contributed by atoms with Crippen LogP contribution in [-0.2, 0) is 6.42 Å². The number of piperidine rings is 1. The lowest BCUT2D eigenvalue weighted by molar-refractivity contribution is 0.0889. The molecule has 1 aromatic carbocycles. The van der Waals surface area contributed by atoms with Crippen LogP contribution >= 0.6 is 0 Å². The summed E-state index contributed by atoms with van der Waals surface area (Å²) in [6.45, 7) is 4.27. The summed E-state index contributed by atoms with van der Waals surface area (Å²) in [5, 5.41) is 13.7. The third kappa shape index (κ3) is 3.30. The molecule has 2 N–H and O–H groups in total. The Morgan fingerprint density at radius 1 is 1.24 bits per heavy atom. The summed E-state index contributed by atoms with van der Waals surface area (Å²) in [6, 6.07) is 8.50. The lowest BCUT2D eigenvalue weighted by atomic mass is 9.88. The molecule has 0 saturated carbocycles. The molecular formula is C15H23NO. The van der Waals surface area contributed by atoms with Crippen molar-refractivity contribution < 1.29 is 5.11 Å². The second-order valence-corrected chi connectivity index (χ2v) is 5.02. The van der Waals surface area contributed by atoms with Crippen molar-refractivity contribution in [3.63, 3.8) is 0 Å². The van der Waals surface area contributed by atoms with E-state index >= 15 is 0 Å². The molecule has 0 amide bonds. The predicted molar refractivity (Wildman–Crippen MR) is 71.0 cm³/mol. The van der Waals surface area contributed by atoms with Crippen molar-refractivity contribution in [3.05, 3.63) is 35.4 Å². The van der Waals surface area contributed by atoms with Crippen LogP contribution in [0.25, 0.3) is 0 Å². The number of aryl methyl sites for hydroxylation is 1. The zero-order valence-corrected chi connectivity index (χ0v) is 10.7. The van der Waals surface area contributed by atoms with Crippen molar-refractivity contribution in [2.45, 2.75) is 38.7 Å². The molecule has 0 aliphatic carbocycles. The highest BCUT2D eigenvalue weighted by Gasteiger charge is 2.22. The van der Waals surface area contributed by atoms with Crippen LogP contribution in [0.4, 0.5) is 0 Å². The van der Waals surface area contributed by atoms with E-state index in [1.807, 2.05) is 0 Å². The van der Waals surface area contributed by atoms with E-state index in [2.05, 4.69) is 36.5 Å². The molecule has 2 heteroatoms. The molecule has 1 fully saturated rings. The fraction of sp³-hybridized carbons (Fsp3) is 0.600. The first kappa shape index (κ1) is 12.6. The second kappa shape index (κ2) is 6.18. The maximum atomic E-state index is 10.3. The Balaban J connectivity index is 2.00. The molecule has 1 atom stereocenters. The van der Waals surface area contributed by atoms with Crippen LogP contribution in [0.15, 0.2) is 24.3 Å². The van der Waals surface area contributed by atoms with Gasteiger partial charge in [-0.25, -0.2) is 0 Å². The van der Waals surface area contributed by atoms with Gasteiger partial charge in [-0.1, -0.05) is 37.6 Å². The van der Waals surface area contributed by atoms with Gasteiger partial charge in [-0.15, -0.1) is 0 Å². The molecule has 0 bridgehead atoms. The normalized spacial score (nSPS) is 19.2. The Bertz CT molecular complexity index is 327. The molecule has 1 saturated heterocycles. The van der Waals surface area contributed by atoms with Gasteiger partial charge in [0.15, 0.2) is 0 Å². The molecule has 17 heavy (non-hydrogen) atoms. The van der Waals surface area contributed by atoms with Crippen molar-refractivity contribution in [3.8, 4) is 0 Å². The number of aliphatic hydroxyl groups is 1. The maximum absolute atomic E-state index is 10.3. The molecule has 1 aliphatic rings. The second-order valence-electron chi connectivity index (χ2n) is 5.02. The quantitative estimate of drug-likeness (QED) is 0.838. The van der Waals surface area contributed by atoms with Crippen molar-refractivity contribution in [1.29, 1.82) is 0 Å². The summed E-state index contributed by atoms with van der Waals surface area (Å²) in [7, 11) is 0. The predicted octanol–water partition coefficient (Wildman–Crippen LogP) is 2.67. The third-order valence-electron chi connectivity index (χ3n) is 3.69. The maximum Gasteiger partial charge on any atom is 0.0819 e. The molecule has 0 aromatic heterocycles. The first-order valence-electron chi connectivity index (χ1n) is 6.79. The molecule has 1 aromatic rings. The minimum absolute atomic E-state index is 0.284. The van der Waals surface area contributed by atoms with Gasteiger partial charge in [0, 0.05) is 0 Å². The lowest BCUT2D eigenvalue weighted by Crippen LogP contribution is -2.30. The summed E-state index contributed by atoms with van der Waals surface area (Å²) in [5.74, 6) is 0.424. The zero-order valence-electron chi connectivity index (χ0n) is 10.7. The zero-order chi connectivity index (χ0) is 12.1. The molecule has 1 heterocycles. The van der Waals surface area contributed by atoms with Gasteiger partial charge in [0.25, 0.3) is 0 Å². The topological polar surface area (TPSA) is 32.3 Å². The fourth-order valence-electron chi connectivity index (χ4n) is 2.60. The number of aliphatic hydroxyl groups excluding tert-OH is 1. The third-order valence-corrected chi connectivity index (χ3v) is 3.69. The largest absolute Gasteiger partial charge is 0.388 e. The highest BCUT2D eigenvalue weighted by Crippen LogP contribution is 2.28. The average Bonchev–Trinajstić information content (AvgIpc) is 2.40. The molecule has 1 aliphatic heterocycles. The molecule has 94 valence electrons. The van der Waals surface area contributed by atoms with E-state index in [-0.39, 0.29) is 6.10 Å². The van der Waals surface area contributed by atoms with Crippen LogP contribution < -0.4 is 5.32 Å². The van der Waals surface area contributed by atoms with Gasteiger partial charge in [-0.2, -0.15) is 0 Å².